The molecule has 32 heavy (non-hydrogen) atoms. The summed E-state index contributed by atoms with van der Waals surface area (Å²) < 4.78 is 0. The van der Waals surface area contributed by atoms with Crippen LogP contribution in [-0.2, 0) is 5.75 Å². The smallest absolute Gasteiger partial charge is 0.270 e. The molecule has 0 fully saturated rings. The molecule has 0 spiro atoms. The highest BCUT2D eigenvalue weighted by molar-refractivity contribution is 7.98. The molecule has 0 aliphatic rings. The Morgan fingerprint density at radius 1 is 0.938 bits per heavy atom. The van der Waals surface area contributed by atoms with Crippen LogP contribution in [0, 0.1) is 0 Å². The van der Waals surface area contributed by atoms with Crippen LogP contribution in [0.1, 0.15) is 26.3 Å². The summed E-state index contributed by atoms with van der Waals surface area (Å²) >= 11 is 1.52. The van der Waals surface area contributed by atoms with Crippen LogP contribution >= 0.6 is 11.8 Å². The molecule has 162 valence electrons. The zero-order valence-corrected chi connectivity index (χ0v) is 18.6. The van der Waals surface area contributed by atoms with Crippen molar-refractivity contribution in [1.29, 1.82) is 0 Å². The van der Waals surface area contributed by atoms with E-state index < -0.39 is 0 Å². The van der Waals surface area contributed by atoms with Crippen LogP contribution in [0.3, 0.4) is 0 Å². The van der Waals surface area contributed by atoms with Crippen LogP contribution in [0.2, 0.25) is 0 Å². The lowest BCUT2D eigenvalue weighted by atomic mass is 10.1. The molecular weight excluding hydrogens is 422 g/mol. The van der Waals surface area contributed by atoms with Gasteiger partial charge in [-0.15, -0.1) is 0 Å². The second-order valence-corrected chi connectivity index (χ2v) is 8.32. The molecule has 1 aromatic heterocycles. The van der Waals surface area contributed by atoms with Crippen molar-refractivity contribution in [3.05, 3.63) is 89.5 Å². The summed E-state index contributed by atoms with van der Waals surface area (Å²) in [4.78, 5) is 35.0. The minimum atomic E-state index is -0.379. The van der Waals surface area contributed by atoms with Crippen LogP contribution in [0.15, 0.2) is 78.0 Å². The molecule has 0 bridgehead atoms. The number of amides is 2. The van der Waals surface area contributed by atoms with Gasteiger partial charge in [-0.1, -0.05) is 48.2 Å². The first-order valence-electron chi connectivity index (χ1n) is 10.0. The molecule has 0 saturated carbocycles. The molecule has 4 rings (SSSR count). The number of anilines is 1. The molecule has 0 unspecified atom stereocenters. The summed E-state index contributed by atoms with van der Waals surface area (Å²) in [6.07, 6.45) is 0. The first-order valence-corrected chi connectivity index (χ1v) is 11.0. The van der Waals surface area contributed by atoms with Gasteiger partial charge in [-0.25, -0.2) is 4.98 Å². The van der Waals surface area contributed by atoms with Crippen molar-refractivity contribution in [3.63, 3.8) is 0 Å². The Hall–Kier alpha value is -3.78. The summed E-state index contributed by atoms with van der Waals surface area (Å²) in [5.41, 5.74) is 9.61. The third-order valence-corrected chi connectivity index (χ3v) is 5.83. The molecule has 7 nitrogen and oxygen atoms in total. The number of rotatable bonds is 6. The summed E-state index contributed by atoms with van der Waals surface area (Å²) in [5.74, 6) is -0.193. The lowest BCUT2D eigenvalue weighted by Crippen LogP contribution is -2.42. The minimum Gasteiger partial charge on any atom is -0.378 e. The molecule has 0 aliphatic heterocycles. The molecule has 0 aliphatic carbocycles. The van der Waals surface area contributed by atoms with E-state index in [1.807, 2.05) is 61.5 Å². The van der Waals surface area contributed by atoms with E-state index in [-0.39, 0.29) is 11.8 Å². The third kappa shape index (κ3) is 4.92. The summed E-state index contributed by atoms with van der Waals surface area (Å²) in [5, 5.41) is 0.787. The van der Waals surface area contributed by atoms with Gasteiger partial charge in [-0.3, -0.25) is 20.4 Å². The zero-order valence-electron chi connectivity index (χ0n) is 17.8. The Balaban J connectivity index is 1.41. The molecule has 1 heterocycles. The Labute approximate surface area is 190 Å². The van der Waals surface area contributed by atoms with Gasteiger partial charge in [0.1, 0.15) is 0 Å². The second-order valence-electron chi connectivity index (χ2n) is 7.36. The van der Waals surface area contributed by atoms with E-state index in [0.717, 1.165) is 27.4 Å². The number of fused-ring (bicyclic) bond motifs is 1. The number of para-hydroxylation sites is 2. The Morgan fingerprint density at radius 3 is 2.50 bits per heavy atom. The maximum atomic E-state index is 12.8. The average molecular weight is 446 g/mol. The van der Waals surface area contributed by atoms with E-state index in [1.54, 1.807) is 30.3 Å². The van der Waals surface area contributed by atoms with Gasteiger partial charge in [0.2, 0.25) is 0 Å². The highest BCUT2D eigenvalue weighted by Gasteiger charge is 2.14. The lowest BCUT2D eigenvalue weighted by molar-refractivity contribution is 0.0846. The second kappa shape index (κ2) is 9.57. The van der Waals surface area contributed by atoms with Crippen LogP contribution < -0.4 is 15.8 Å². The van der Waals surface area contributed by atoms with Gasteiger partial charge in [0.05, 0.1) is 11.0 Å². The van der Waals surface area contributed by atoms with Gasteiger partial charge in [-0.05, 0) is 42.0 Å². The summed E-state index contributed by atoms with van der Waals surface area (Å²) in [6, 6.07) is 22.3. The number of benzene rings is 3. The number of imidazole rings is 1. The number of nitrogens with one attached hydrogen (secondary N) is 3. The number of hydrogen-bond acceptors (Lipinski definition) is 5. The van der Waals surface area contributed by atoms with E-state index in [0.29, 0.717) is 16.9 Å². The van der Waals surface area contributed by atoms with E-state index in [9.17, 15) is 9.59 Å². The summed E-state index contributed by atoms with van der Waals surface area (Å²) in [6.45, 7) is 0. The molecule has 8 heteroatoms. The lowest BCUT2D eigenvalue weighted by Gasteiger charge is -2.14. The maximum Gasteiger partial charge on any atom is 0.270 e. The molecular formula is C24H23N5O2S. The predicted molar refractivity (Wildman–Crippen MR) is 128 cm³/mol. The van der Waals surface area contributed by atoms with Gasteiger partial charge < -0.3 is 9.88 Å². The third-order valence-electron chi connectivity index (χ3n) is 4.91. The average Bonchev–Trinajstić information content (AvgIpc) is 3.24. The molecule has 3 N–H and O–H groups in total. The maximum absolute atomic E-state index is 12.8. The van der Waals surface area contributed by atoms with Gasteiger partial charge in [0.15, 0.2) is 5.16 Å². The van der Waals surface area contributed by atoms with Gasteiger partial charge in [0.25, 0.3) is 11.8 Å². The fourth-order valence-corrected chi connectivity index (χ4v) is 4.08. The van der Waals surface area contributed by atoms with Crippen molar-refractivity contribution in [2.24, 2.45) is 0 Å². The highest BCUT2D eigenvalue weighted by Crippen LogP contribution is 2.24. The van der Waals surface area contributed by atoms with Gasteiger partial charge >= 0.3 is 0 Å². The molecule has 3 aromatic carbocycles. The van der Waals surface area contributed by atoms with Crippen molar-refractivity contribution in [2.45, 2.75) is 10.9 Å². The van der Waals surface area contributed by atoms with Crippen molar-refractivity contribution in [2.75, 3.05) is 19.0 Å². The number of thioether (sulfide) groups is 1. The number of carbonyl (C=O) groups excluding carboxylic acids is 2. The predicted octanol–water partition coefficient (Wildman–Crippen LogP) is 4.00. The Bertz CT molecular complexity index is 1230. The monoisotopic (exact) mass is 445 g/mol. The SMILES string of the molecule is CN(C)c1cccc(C(=O)NNC(=O)c2ccccc2CSc2nc3ccccc3[nH]2)c1. The van der Waals surface area contributed by atoms with E-state index in [1.165, 1.54) is 11.8 Å². The summed E-state index contributed by atoms with van der Waals surface area (Å²) in [7, 11) is 3.80. The number of carbonyl (C=O) groups is 2. The van der Waals surface area contributed by atoms with Crippen LogP contribution in [0.25, 0.3) is 11.0 Å². The minimum absolute atomic E-state index is 0.372. The van der Waals surface area contributed by atoms with Crippen LogP contribution in [0.5, 0.6) is 0 Å². The van der Waals surface area contributed by atoms with Crippen LogP contribution in [0.4, 0.5) is 5.69 Å². The fourth-order valence-electron chi connectivity index (χ4n) is 3.19. The number of hydrazine groups is 1. The molecule has 0 radical (unpaired) electrons. The quantitative estimate of drug-likeness (QED) is 0.308. The Kier molecular flexibility index (Phi) is 6.42. The van der Waals surface area contributed by atoms with Crippen molar-refractivity contribution in [1.82, 2.24) is 20.8 Å². The zero-order chi connectivity index (χ0) is 22.5. The molecule has 2 amide bonds. The largest absolute Gasteiger partial charge is 0.378 e. The van der Waals surface area contributed by atoms with E-state index >= 15 is 0 Å². The number of H-pyrrole nitrogens is 1. The van der Waals surface area contributed by atoms with Gasteiger partial charge in [-0.2, -0.15) is 0 Å². The van der Waals surface area contributed by atoms with E-state index in [2.05, 4.69) is 20.8 Å². The van der Waals surface area contributed by atoms with Crippen molar-refractivity contribution >= 4 is 40.3 Å². The van der Waals surface area contributed by atoms with Crippen molar-refractivity contribution in [3.8, 4) is 0 Å². The number of aromatic nitrogens is 2. The first kappa shape index (κ1) is 21.5. The van der Waals surface area contributed by atoms with Crippen LogP contribution in [-0.4, -0.2) is 35.9 Å². The fraction of sp³-hybridized carbons (Fsp3) is 0.125. The molecule has 4 aromatic rings. The molecule has 0 saturated heterocycles. The molecule has 0 atom stereocenters. The number of nitrogens with zero attached hydrogens (tertiary/aromatic N) is 2. The number of hydrogen-bond donors (Lipinski definition) is 3. The van der Waals surface area contributed by atoms with Gasteiger partial charge in [0, 0.05) is 36.7 Å². The number of aromatic amines is 1. The first-order chi connectivity index (χ1) is 15.5. The normalized spacial score (nSPS) is 10.7. The Morgan fingerprint density at radius 2 is 1.69 bits per heavy atom. The topological polar surface area (TPSA) is 90.1 Å². The standard InChI is InChI=1S/C24H23N5O2S/c1-29(2)18-10-7-9-16(14-18)22(30)27-28-23(31)19-11-4-3-8-17(19)15-32-24-25-20-12-5-6-13-21(20)26-24/h3-14H,15H2,1-2H3,(H,25,26)(H,27,30)(H,28,31). The highest BCUT2D eigenvalue weighted by atomic mass is 32.2. The van der Waals surface area contributed by atoms with E-state index in [4.69, 9.17) is 0 Å². The van der Waals surface area contributed by atoms with Crippen molar-refractivity contribution < 1.29 is 9.59 Å².